The van der Waals surface area contributed by atoms with Crippen LogP contribution in [-0.2, 0) is 6.42 Å². The lowest BCUT2D eigenvalue weighted by atomic mass is 10.2. The minimum Gasteiger partial charge on any atom is -0.358 e. The van der Waals surface area contributed by atoms with Gasteiger partial charge in [-0.3, -0.25) is 0 Å². The summed E-state index contributed by atoms with van der Waals surface area (Å²) in [5, 5.41) is 8.86. The average Bonchev–Trinajstić information content (AvgIpc) is 2.38. The van der Waals surface area contributed by atoms with Crippen molar-refractivity contribution < 1.29 is 0 Å². The van der Waals surface area contributed by atoms with Gasteiger partial charge in [0.1, 0.15) is 17.5 Å². The fraction of sp³-hybridized carbons (Fsp3) is 0.583. The molecule has 3 N–H and O–H groups in total. The van der Waals surface area contributed by atoms with E-state index < -0.39 is 0 Å². The Hall–Kier alpha value is -1.87. The number of hydrazine groups is 1. The Morgan fingerprint density at radius 2 is 2.17 bits per heavy atom. The highest BCUT2D eigenvalue weighted by Gasteiger charge is 2.14. The lowest BCUT2D eigenvalue weighted by Crippen LogP contribution is -2.26. The van der Waals surface area contributed by atoms with Crippen LogP contribution >= 0.6 is 0 Å². The van der Waals surface area contributed by atoms with Crippen LogP contribution in [0.3, 0.4) is 0 Å². The Bertz CT molecular complexity index is 451. The van der Waals surface area contributed by atoms with Crippen molar-refractivity contribution in [1.29, 1.82) is 5.26 Å². The van der Waals surface area contributed by atoms with Crippen molar-refractivity contribution in [3.05, 3.63) is 11.4 Å². The van der Waals surface area contributed by atoms with Gasteiger partial charge in [0.05, 0.1) is 12.0 Å². The van der Waals surface area contributed by atoms with Crippen LogP contribution in [0.5, 0.6) is 0 Å². The fourth-order valence-electron chi connectivity index (χ4n) is 1.76. The van der Waals surface area contributed by atoms with Crippen LogP contribution in [0.15, 0.2) is 0 Å². The van der Waals surface area contributed by atoms with Gasteiger partial charge >= 0.3 is 0 Å². The molecule has 1 aromatic heterocycles. The highest BCUT2D eigenvalue weighted by molar-refractivity contribution is 5.57. The van der Waals surface area contributed by atoms with E-state index >= 15 is 0 Å². The normalized spacial score (nSPS) is 11.8. The van der Waals surface area contributed by atoms with E-state index in [2.05, 4.69) is 21.5 Å². The summed E-state index contributed by atoms with van der Waals surface area (Å²) in [6.45, 7) is 6.42. The zero-order valence-corrected chi connectivity index (χ0v) is 11.4. The summed E-state index contributed by atoms with van der Waals surface area (Å²) in [6.07, 6.45) is 0.740. The fourth-order valence-corrected chi connectivity index (χ4v) is 1.76. The maximum Gasteiger partial charge on any atom is 0.148 e. The Morgan fingerprint density at radius 1 is 1.50 bits per heavy atom. The third kappa shape index (κ3) is 3.08. The van der Waals surface area contributed by atoms with Crippen molar-refractivity contribution in [2.45, 2.75) is 27.2 Å². The first kappa shape index (κ1) is 14.2. The number of nitrogens with zero attached hydrogens (tertiary/aromatic N) is 4. The first-order chi connectivity index (χ1) is 8.53. The summed E-state index contributed by atoms with van der Waals surface area (Å²) in [5.74, 6) is 7.59. The van der Waals surface area contributed by atoms with E-state index in [0.717, 1.165) is 23.6 Å². The molecule has 0 saturated heterocycles. The Labute approximate surface area is 108 Å². The van der Waals surface area contributed by atoms with E-state index in [1.165, 1.54) is 0 Å². The standard InChI is InChI=1S/C12H20N6/c1-5-10-15-11(17-14)9(3)12(16-10)18(4)7-8(2)6-13/h8H,5,7,14H2,1-4H3,(H,15,16,17). The summed E-state index contributed by atoms with van der Waals surface area (Å²) in [5.41, 5.74) is 3.48. The van der Waals surface area contributed by atoms with E-state index in [-0.39, 0.29) is 5.92 Å². The van der Waals surface area contributed by atoms with Crippen LogP contribution in [0, 0.1) is 24.2 Å². The summed E-state index contributed by atoms with van der Waals surface area (Å²) in [6, 6.07) is 2.22. The van der Waals surface area contributed by atoms with Crippen LogP contribution in [0.25, 0.3) is 0 Å². The third-order valence-corrected chi connectivity index (χ3v) is 2.75. The number of anilines is 2. The number of aryl methyl sites for hydroxylation is 1. The first-order valence-corrected chi connectivity index (χ1v) is 5.98. The molecule has 0 saturated carbocycles. The molecule has 0 aliphatic carbocycles. The van der Waals surface area contributed by atoms with Crippen LogP contribution < -0.4 is 16.2 Å². The van der Waals surface area contributed by atoms with E-state index in [4.69, 9.17) is 11.1 Å². The van der Waals surface area contributed by atoms with Crippen molar-refractivity contribution in [2.75, 3.05) is 23.9 Å². The molecule has 0 aliphatic rings. The summed E-state index contributed by atoms with van der Waals surface area (Å²) < 4.78 is 0. The van der Waals surface area contributed by atoms with Gasteiger partial charge in [0.2, 0.25) is 0 Å². The molecule has 0 aliphatic heterocycles. The van der Waals surface area contributed by atoms with Gasteiger partial charge in [-0.15, -0.1) is 0 Å². The maximum absolute atomic E-state index is 8.86. The maximum atomic E-state index is 8.86. The predicted octanol–water partition coefficient (Wildman–Crippen LogP) is 1.23. The van der Waals surface area contributed by atoms with E-state index in [9.17, 15) is 0 Å². The zero-order chi connectivity index (χ0) is 13.7. The molecule has 0 aromatic carbocycles. The Balaban J connectivity index is 3.10. The van der Waals surface area contributed by atoms with Crippen LogP contribution in [0.2, 0.25) is 0 Å². The minimum absolute atomic E-state index is 0.0521. The number of nitrogens with one attached hydrogen (secondary N) is 1. The van der Waals surface area contributed by atoms with Gasteiger partial charge in [-0.1, -0.05) is 6.92 Å². The monoisotopic (exact) mass is 248 g/mol. The number of nitriles is 1. The molecule has 0 radical (unpaired) electrons. The van der Waals surface area contributed by atoms with Gasteiger partial charge in [-0.25, -0.2) is 15.8 Å². The van der Waals surface area contributed by atoms with Crippen LogP contribution in [0.1, 0.15) is 25.2 Å². The molecule has 0 amide bonds. The molecule has 18 heavy (non-hydrogen) atoms. The zero-order valence-electron chi connectivity index (χ0n) is 11.4. The van der Waals surface area contributed by atoms with E-state index in [1.807, 2.05) is 32.7 Å². The second-order valence-electron chi connectivity index (χ2n) is 4.35. The van der Waals surface area contributed by atoms with E-state index in [1.54, 1.807) is 0 Å². The molecule has 1 heterocycles. The van der Waals surface area contributed by atoms with Crippen molar-refractivity contribution in [3.63, 3.8) is 0 Å². The number of nitrogens with two attached hydrogens (primary N) is 1. The quantitative estimate of drug-likeness (QED) is 0.601. The number of nitrogen functional groups attached to an aromatic ring is 1. The van der Waals surface area contributed by atoms with Gasteiger partial charge in [-0.05, 0) is 13.8 Å². The molecule has 1 unspecified atom stereocenters. The lowest BCUT2D eigenvalue weighted by molar-refractivity contribution is 0.704. The molecule has 0 spiro atoms. The van der Waals surface area contributed by atoms with Crippen LogP contribution in [0.4, 0.5) is 11.6 Å². The van der Waals surface area contributed by atoms with E-state index in [0.29, 0.717) is 12.4 Å². The van der Waals surface area contributed by atoms with Gasteiger partial charge < -0.3 is 10.3 Å². The molecule has 0 bridgehead atoms. The number of rotatable bonds is 5. The number of aromatic nitrogens is 2. The van der Waals surface area contributed by atoms with Crippen LogP contribution in [-0.4, -0.2) is 23.6 Å². The smallest absolute Gasteiger partial charge is 0.148 e. The highest BCUT2D eigenvalue weighted by atomic mass is 15.3. The molecule has 98 valence electrons. The van der Waals surface area contributed by atoms with Crippen molar-refractivity contribution >= 4 is 11.6 Å². The van der Waals surface area contributed by atoms with Gasteiger partial charge in [0, 0.05) is 25.6 Å². The van der Waals surface area contributed by atoms with Gasteiger partial charge in [0.25, 0.3) is 0 Å². The molecular weight excluding hydrogens is 228 g/mol. The molecule has 6 heteroatoms. The second kappa shape index (κ2) is 6.17. The minimum atomic E-state index is -0.0521. The summed E-state index contributed by atoms with van der Waals surface area (Å²) in [7, 11) is 1.92. The highest BCUT2D eigenvalue weighted by Crippen LogP contribution is 2.22. The Morgan fingerprint density at radius 3 is 2.67 bits per heavy atom. The molecule has 6 nitrogen and oxygen atoms in total. The van der Waals surface area contributed by atoms with Gasteiger partial charge in [0.15, 0.2) is 0 Å². The largest absolute Gasteiger partial charge is 0.358 e. The third-order valence-electron chi connectivity index (χ3n) is 2.75. The first-order valence-electron chi connectivity index (χ1n) is 5.98. The topological polar surface area (TPSA) is 90.9 Å². The molecule has 0 fully saturated rings. The summed E-state index contributed by atoms with van der Waals surface area (Å²) in [4.78, 5) is 10.8. The Kier molecular flexibility index (Phi) is 4.86. The summed E-state index contributed by atoms with van der Waals surface area (Å²) >= 11 is 0. The molecule has 1 aromatic rings. The number of hydrogen-bond donors (Lipinski definition) is 2. The van der Waals surface area contributed by atoms with Crippen molar-refractivity contribution in [1.82, 2.24) is 9.97 Å². The molecule has 1 atom stereocenters. The predicted molar refractivity (Wildman–Crippen MR) is 72.0 cm³/mol. The van der Waals surface area contributed by atoms with Gasteiger partial charge in [-0.2, -0.15) is 5.26 Å². The van der Waals surface area contributed by atoms with Crippen molar-refractivity contribution in [2.24, 2.45) is 11.8 Å². The van der Waals surface area contributed by atoms with Crippen molar-refractivity contribution in [3.8, 4) is 6.07 Å². The number of hydrogen-bond acceptors (Lipinski definition) is 6. The molecule has 1 rings (SSSR count). The average molecular weight is 248 g/mol. The second-order valence-corrected chi connectivity index (χ2v) is 4.35. The SMILES string of the molecule is CCc1nc(NN)c(C)c(N(C)CC(C)C#N)n1. The molecular formula is C12H20N6. The lowest BCUT2D eigenvalue weighted by Gasteiger charge is -2.22.